The molecule has 1 aromatic carbocycles. The number of alkyl carbamates (subject to hydrolysis) is 1. The van der Waals surface area contributed by atoms with Crippen molar-refractivity contribution < 1.29 is 22.7 Å². The first-order valence-corrected chi connectivity index (χ1v) is 7.87. The van der Waals surface area contributed by atoms with Gasteiger partial charge in [-0.3, -0.25) is 4.39 Å². The second-order valence-corrected chi connectivity index (χ2v) is 7.07. The van der Waals surface area contributed by atoms with Crippen molar-refractivity contribution >= 4 is 11.8 Å². The van der Waals surface area contributed by atoms with Gasteiger partial charge in [0, 0.05) is 24.6 Å². The lowest BCUT2D eigenvalue weighted by Crippen LogP contribution is -2.43. The van der Waals surface area contributed by atoms with Gasteiger partial charge in [-0.2, -0.15) is 0 Å². The van der Waals surface area contributed by atoms with Crippen molar-refractivity contribution in [2.75, 3.05) is 24.7 Å². The number of hydrogen-bond donors (Lipinski definition) is 1. The van der Waals surface area contributed by atoms with Crippen molar-refractivity contribution in [1.29, 1.82) is 0 Å². The Hall–Kier alpha value is -1.92. The molecule has 0 spiro atoms. The maximum atomic E-state index is 14.1. The molecule has 1 aromatic rings. The predicted octanol–water partition coefficient (Wildman–Crippen LogP) is 3.57. The molecular weight excluding hydrogens is 321 g/mol. The molecule has 1 N–H and O–H groups in total. The molecule has 0 radical (unpaired) electrons. The second-order valence-electron chi connectivity index (χ2n) is 7.07. The van der Waals surface area contributed by atoms with Crippen LogP contribution in [0.15, 0.2) is 12.1 Å². The van der Waals surface area contributed by atoms with Gasteiger partial charge in [-0.25, -0.2) is 13.6 Å². The Morgan fingerprint density at radius 3 is 2.50 bits per heavy atom. The molecule has 1 aliphatic rings. The minimum Gasteiger partial charge on any atom is -0.444 e. The van der Waals surface area contributed by atoms with Crippen LogP contribution in [0.5, 0.6) is 0 Å². The molecule has 1 amide bonds. The second kappa shape index (κ2) is 6.91. The maximum absolute atomic E-state index is 14.1. The molecule has 2 atom stereocenters. The van der Waals surface area contributed by atoms with Crippen molar-refractivity contribution in [3.8, 4) is 0 Å². The molecule has 4 nitrogen and oxygen atoms in total. The molecule has 1 fully saturated rings. The first kappa shape index (κ1) is 18.4. The summed E-state index contributed by atoms with van der Waals surface area (Å²) in [5.74, 6) is -1.60. The highest BCUT2D eigenvalue weighted by molar-refractivity contribution is 5.68. The number of anilines is 1. The summed E-state index contributed by atoms with van der Waals surface area (Å²) in [4.78, 5) is 13.5. The van der Waals surface area contributed by atoms with E-state index < -0.39 is 42.0 Å². The Balaban J connectivity index is 2.15. The van der Waals surface area contributed by atoms with E-state index in [1.165, 1.54) is 6.92 Å². The molecule has 1 saturated heterocycles. The molecule has 0 saturated carbocycles. The summed E-state index contributed by atoms with van der Waals surface area (Å²) >= 11 is 0. The van der Waals surface area contributed by atoms with Gasteiger partial charge < -0.3 is 15.0 Å². The van der Waals surface area contributed by atoms with Crippen LogP contribution in [0.2, 0.25) is 0 Å². The van der Waals surface area contributed by atoms with Gasteiger partial charge in [-0.1, -0.05) is 0 Å². The number of nitrogens with one attached hydrogen (secondary N) is 1. The largest absolute Gasteiger partial charge is 0.444 e. The zero-order chi connectivity index (χ0) is 18.1. The Kier molecular flexibility index (Phi) is 5.30. The summed E-state index contributed by atoms with van der Waals surface area (Å²) in [6.45, 7) is 6.37. The highest BCUT2D eigenvalue weighted by atomic mass is 19.1. The number of amides is 1. The van der Waals surface area contributed by atoms with Gasteiger partial charge in [0.1, 0.15) is 17.2 Å². The summed E-state index contributed by atoms with van der Waals surface area (Å²) in [5.41, 5.74) is -0.383. The summed E-state index contributed by atoms with van der Waals surface area (Å²) in [5, 5.41) is 2.63. The number of alkyl halides is 1. The third-order valence-corrected chi connectivity index (χ3v) is 3.97. The van der Waals surface area contributed by atoms with Crippen LogP contribution in [0.1, 0.15) is 26.3 Å². The lowest BCUT2D eigenvalue weighted by atomic mass is 10.1. The molecule has 1 heterocycles. The zero-order valence-corrected chi connectivity index (χ0v) is 14.3. The first-order chi connectivity index (χ1) is 11.1. The van der Waals surface area contributed by atoms with Crippen LogP contribution in [-0.2, 0) is 4.74 Å². The van der Waals surface area contributed by atoms with E-state index in [1.54, 1.807) is 25.7 Å². The first-order valence-electron chi connectivity index (χ1n) is 7.87. The number of carbonyl (C=O) groups is 1. The van der Waals surface area contributed by atoms with E-state index in [0.717, 1.165) is 12.1 Å². The Morgan fingerprint density at radius 2 is 1.92 bits per heavy atom. The minimum atomic E-state index is -0.674. The number of halogens is 3. The fourth-order valence-corrected chi connectivity index (χ4v) is 2.86. The number of benzene rings is 1. The average Bonchev–Trinajstić information content (AvgIpc) is 2.84. The van der Waals surface area contributed by atoms with Gasteiger partial charge in [0.2, 0.25) is 0 Å². The van der Waals surface area contributed by atoms with Crippen LogP contribution in [0.25, 0.3) is 0 Å². The zero-order valence-electron chi connectivity index (χ0n) is 14.3. The van der Waals surface area contributed by atoms with Gasteiger partial charge in [0.05, 0.1) is 18.4 Å². The third kappa shape index (κ3) is 4.13. The molecule has 24 heavy (non-hydrogen) atoms. The Bertz CT molecular complexity index is 617. The van der Waals surface area contributed by atoms with Crippen LogP contribution in [0.3, 0.4) is 0 Å². The summed E-state index contributed by atoms with van der Waals surface area (Å²) < 4.78 is 46.3. The number of hydrogen-bond acceptors (Lipinski definition) is 3. The van der Waals surface area contributed by atoms with E-state index in [-0.39, 0.29) is 24.3 Å². The van der Waals surface area contributed by atoms with Crippen molar-refractivity contribution in [2.24, 2.45) is 5.92 Å². The molecule has 0 aliphatic carbocycles. The van der Waals surface area contributed by atoms with Crippen LogP contribution in [-0.4, -0.2) is 37.5 Å². The van der Waals surface area contributed by atoms with Crippen LogP contribution in [0.4, 0.5) is 23.7 Å². The van der Waals surface area contributed by atoms with Gasteiger partial charge in [0.25, 0.3) is 0 Å². The number of rotatable bonds is 3. The molecule has 7 heteroatoms. The molecular formula is C17H23F3N2O2. The van der Waals surface area contributed by atoms with Crippen molar-refractivity contribution in [3.05, 3.63) is 29.3 Å². The fourth-order valence-electron chi connectivity index (χ4n) is 2.86. The van der Waals surface area contributed by atoms with Crippen molar-refractivity contribution in [3.63, 3.8) is 0 Å². The van der Waals surface area contributed by atoms with E-state index in [2.05, 4.69) is 5.32 Å². The van der Waals surface area contributed by atoms with E-state index in [9.17, 15) is 18.0 Å². The van der Waals surface area contributed by atoms with E-state index in [4.69, 9.17) is 4.74 Å². The third-order valence-electron chi connectivity index (χ3n) is 3.97. The quantitative estimate of drug-likeness (QED) is 0.911. The van der Waals surface area contributed by atoms with E-state index >= 15 is 0 Å². The molecule has 134 valence electrons. The normalized spacial score (nSPS) is 21.0. The SMILES string of the molecule is Cc1c(F)ccc(F)c1N1C[C@H](CF)[C@H](NC(=O)OC(C)(C)C)C1. The van der Waals surface area contributed by atoms with Crippen molar-refractivity contribution in [2.45, 2.75) is 39.3 Å². The smallest absolute Gasteiger partial charge is 0.407 e. The number of nitrogens with zero attached hydrogens (tertiary/aromatic N) is 1. The average molecular weight is 344 g/mol. The van der Waals surface area contributed by atoms with Crippen LogP contribution < -0.4 is 10.2 Å². The van der Waals surface area contributed by atoms with Gasteiger partial charge in [0.15, 0.2) is 0 Å². The standard InChI is InChI=1S/C17H23F3N2O2/c1-10-12(19)5-6-13(20)15(10)22-8-11(7-18)14(9-22)21-16(23)24-17(2,3)4/h5-6,11,14H,7-9H2,1-4H3,(H,21,23)/t11-,14+/m0/s1. The van der Waals surface area contributed by atoms with Crippen LogP contribution >= 0.6 is 0 Å². The topological polar surface area (TPSA) is 41.6 Å². The molecule has 0 unspecified atom stereocenters. The molecule has 0 aromatic heterocycles. The predicted molar refractivity (Wildman–Crippen MR) is 85.9 cm³/mol. The minimum absolute atomic E-state index is 0.113. The lowest BCUT2D eigenvalue weighted by molar-refractivity contribution is 0.0495. The highest BCUT2D eigenvalue weighted by Gasteiger charge is 2.36. The van der Waals surface area contributed by atoms with Crippen LogP contribution in [0, 0.1) is 24.5 Å². The highest BCUT2D eigenvalue weighted by Crippen LogP contribution is 2.31. The van der Waals surface area contributed by atoms with Gasteiger partial charge in [-0.15, -0.1) is 0 Å². The molecule has 1 aliphatic heterocycles. The van der Waals surface area contributed by atoms with E-state index in [1.807, 2.05) is 0 Å². The van der Waals surface area contributed by atoms with Gasteiger partial charge in [-0.05, 0) is 39.8 Å². The van der Waals surface area contributed by atoms with E-state index in [0.29, 0.717) is 0 Å². The van der Waals surface area contributed by atoms with Gasteiger partial charge >= 0.3 is 6.09 Å². The monoisotopic (exact) mass is 344 g/mol. The molecule has 2 rings (SSSR count). The molecule has 0 bridgehead atoms. The Labute approximate surface area is 140 Å². The summed E-state index contributed by atoms with van der Waals surface area (Å²) in [7, 11) is 0. The maximum Gasteiger partial charge on any atom is 0.407 e. The number of ether oxygens (including phenoxy) is 1. The van der Waals surface area contributed by atoms with Crippen molar-refractivity contribution in [1.82, 2.24) is 5.32 Å². The number of carbonyl (C=O) groups excluding carboxylic acids is 1. The summed E-state index contributed by atoms with van der Waals surface area (Å²) in [6, 6.07) is 1.58. The Morgan fingerprint density at radius 1 is 1.29 bits per heavy atom. The summed E-state index contributed by atoms with van der Waals surface area (Å²) in [6.07, 6.45) is -0.649. The lowest BCUT2D eigenvalue weighted by Gasteiger charge is -2.24. The fraction of sp³-hybridized carbons (Fsp3) is 0.588.